The number of rotatable bonds is 3. The van der Waals surface area contributed by atoms with Crippen molar-refractivity contribution in [2.75, 3.05) is 5.32 Å². The molecule has 0 aliphatic rings. The fourth-order valence-corrected chi connectivity index (χ4v) is 1.85. The Morgan fingerprint density at radius 1 is 1.32 bits per heavy atom. The topological polar surface area (TPSA) is 99.4 Å². The number of amides is 1. The number of nitrogens with one attached hydrogen (secondary N) is 3. The summed E-state index contributed by atoms with van der Waals surface area (Å²) in [6.07, 6.45) is 2.50. The fourth-order valence-electron chi connectivity index (χ4n) is 1.85. The normalized spacial score (nSPS) is 10.8. The Bertz CT molecular complexity index is 728. The van der Waals surface area contributed by atoms with Crippen LogP contribution in [0.3, 0.4) is 0 Å². The van der Waals surface area contributed by atoms with Gasteiger partial charge in [0.1, 0.15) is 16.9 Å². The van der Waals surface area contributed by atoms with Gasteiger partial charge in [-0.05, 0) is 24.6 Å². The first-order valence-corrected chi connectivity index (χ1v) is 5.92. The molecule has 0 saturated heterocycles. The Kier molecular flexibility index (Phi) is 2.71. The molecule has 2 aromatic heterocycles. The third-order valence-electron chi connectivity index (χ3n) is 2.92. The summed E-state index contributed by atoms with van der Waals surface area (Å²) in [6, 6.07) is 5.15. The predicted octanol–water partition coefficient (Wildman–Crippen LogP) is 1.50. The summed E-state index contributed by atoms with van der Waals surface area (Å²) in [5.41, 5.74) is 2.88. The van der Waals surface area contributed by atoms with E-state index in [1.165, 1.54) is 0 Å². The van der Waals surface area contributed by atoms with E-state index in [0.717, 1.165) is 17.5 Å². The van der Waals surface area contributed by atoms with Gasteiger partial charge in [0.2, 0.25) is 0 Å². The summed E-state index contributed by atoms with van der Waals surface area (Å²) in [5, 5.41) is 19.9. The highest BCUT2D eigenvalue weighted by Gasteiger charge is 2.11. The number of fused-ring (bicyclic) bond motifs is 1. The molecule has 7 nitrogen and oxygen atoms in total. The maximum Gasteiger partial charge on any atom is 0.256 e. The van der Waals surface area contributed by atoms with Crippen LogP contribution in [0.5, 0.6) is 0 Å². The van der Waals surface area contributed by atoms with Crippen molar-refractivity contribution in [3.05, 3.63) is 35.5 Å². The third kappa shape index (κ3) is 2.05. The molecule has 0 spiro atoms. The maximum absolute atomic E-state index is 12.1. The number of H-pyrrole nitrogens is 2. The van der Waals surface area contributed by atoms with Gasteiger partial charge in [-0.1, -0.05) is 6.92 Å². The molecule has 0 saturated carbocycles. The quantitative estimate of drug-likeness (QED) is 0.661. The van der Waals surface area contributed by atoms with Gasteiger partial charge in [0.25, 0.3) is 5.91 Å². The number of benzene rings is 1. The molecule has 0 radical (unpaired) electrons. The van der Waals surface area contributed by atoms with Crippen molar-refractivity contribution in [2.45, 2.75) is 13.3 Å². The molecule has 0 unspecified atom stereocenters. The molecule has 2 heterocycles. The number of carbonyl (C=O) groups excluding carboxylic acids is 1. The molecule has 0 fully saturated rings. The first-order valence-electron chi connectivity index (χ1n) is 5.92. The van der Waals surface area contributed by atoms with Crippen molar-refractivity contribution in [2.24, 2.45) is 0 Å². The molecular weight excluding hydrogens is 244 g/mol. The minimum Gasteiger partial charge on any atom is -0.307 e. The Morgan fingerprint density at radius 2 is 2.16 bits per heavy atom. The predicted molar refractivity (Wildman–Crippen MR) is 69.8 cm³/mol. The summed E-state index contributed by atoms with van der Waals surface area (Å²) in [5.74, 6) is 0.427. The van der Waals surface area contributed by atoms with E-state index in [0.29, 0.717) is 16.9 Å². The van der Waals surface area contributed by atoms with Crippen LogP contribution in [0.1, 0.15) is 22.8 Å². The molecule has 3 aromatic rings. The third-order valence-corrected chi connectivity index (χ3v) is 2.92. The van der Waals surface area contributed by atoms with Gasteiger partial charge < -0.3 is 5.32 Å². The summed E-state index contributed by atoms with van der Waals surface area (Å²) in [7, 11) is 0. The summed E-state index contributed by atoms with van der Waals surface area (Å²) in [6.45, 7) is 2.00. The largest absolute Gasteiger partial charge is 0.307 e. The van der Waals surface area contributed by atoms with E-state index in [1.54, 1.807) is 24.4 Å². The van der Waals surface area contributed by atoms with Crippen LogP contribution >= 0.6 is 0 Å². The van der Waals surface area contributed by atoms with Gasteiger partial charge in [0, 0.05) is 11.1 Å². The van der Waals surface area contributed by atoms with Crippen LogP contribution in [0.25, 0.3) is 11.0 Å². The molecule has 3 rings (SSSR count). The Labute approximate surface area is 108 Å². The van der Waals surface area contributed by atoms with Gasteiger partial charge >= 0.3 is 0 Å². The molecule has 0 bridgehead atoms. The van der Waals surface area contributed by atoms with E-state index in [1.807, 2.05) is 6.92 Å². The Hall–Kier alpha value is -2.70. The van der Waals surface area contributed by atoms with Crippen LogP contribution in [-0.4, -0.2) is 31.5 Å². The second-order valence-electron chi connectivity index (χ2n) is 4.11. The summed E-state index contributed by atoms with van der Waals surface area (Å²) < 4.78 is 0. The van der Waals surface area contributed by atoms with Crippen LogP contribution in [-0.2, 0) is 6.42 Å². The van der Waals surface area contributed by atoms with Crippen LogP contribution in [0.4, 0.5) is 5.82 Å². The molecule has 0 aliphatic heterocycles. The SMILES string of the molecule is CCc1cn[nH]c1NC(=O)c1ccc2n[nH]nc2c1. The van der Waals surface area contributed by atoms with Crippen molar-refractivity contribution in [1.29, 1.82) is 0 Å². The first kappa shape index (κ1) is 11.4. The highest BCUT2D eigenvalue weighted by molar-refractivity contribution is 6.05. The summed E-state index contributed by atoms with van der Waals surface area (Å²) in [4.78, 5) is 12.1. The molecule has 96 valence electrons. The molecule has 0 aliphatic carbocycles. The molecular formula is C12H12N6O. The van der Waals surface area contributed by atoms with E-state index >= 15 is 0 Å². The zero-order valence-corrected chi connectivity index (χ0v) is 10.3. The van der Waals surface area contributed by atoms with Crippen molar-refractivity contribution in [3.8, 4) is 0 Å². The Morgan fingerprint density at radius 3 is 3.00 bits per heavy atom. The van der Waals surface area contributed by atoms with Crippen LogP contribution < -0.4 is 5.32 Å². The van der Waals surface area contributed by atoms with Gasteiger partial charge in [0.05, 0.1) is 6.20 Å². The molecule has 7 heteroatoms. The molecule has 1 amide bonds. The van der Waals surface area contributed by atoms with Gasteiger partial charge in [-0.15, -0.1) is 0 Å². The van der Waals surface area contributed by atoms with E-state index < -0.39 is 0 Å². The van der Waals surface area contributed by atoms with Crippen molar-refractivity contribution in [3.63, 3.8) is 0 Å². The number of aromatic nitrogens is 5. The number of hydrogen-bond donors (Lipinski definition) is 3. The molecule has 0 atom stereocenters. The number of carbonyl (C=O) groups is 1. The van der Waals surface area contributed by atoms with Crippen LogP contribution in [0.2, 0.25) is 0 Å². The number of aryl methyl sites for hydroxylation is 1. The minimum atomic E-state index is -0.205. The average molecular weight is 256 g/mol. The zero-order valence-electron chi connectivity index (χ0n) is 10.3. The smallest absolute Gasteiger partial charge is 0.256 e. The van der Waals surface area contributed by atoms with Gasteiger partial charge in [0.15, 0.2) is 0 Å². The lowest BCUT2D eigenvalue weighted by Gasteiger charge is -2.04. The van der Waals surface area contributed by atoms with Gasteiger partial charge in [-0.3, -0.25) is 9.89 Å². The highest BCUT2D eigenvalue weighted by Crippen LogP contribution is 2.15. The Balaban J connectivity index is 1.87. The number of aromatic amines is 2. The molecule has 19 heavy (non-hydrogen) atoms. The molecule has 1 aromatic carbocycles. The lowest BCUT2D eigenvalue weighted by Crippen LogP contribution is -2.13. The number of nitrogens with zero attached hydrogens (tertiary/aromatic N) is 3. The van der Waals surface area contributed by atoms with Crippen molar-refractivity contribution in [1.82, 2.24) is 25.6 Å². The average Bonchev–Trinajstić information content (AvgIpc) is 3.05. The van der Waals surface area contributed by atoms with E-state index in [2.05, 4.69) is 30.9 Å². The molecule has 3 N–H and O–H groups in total. The minimum absolute atomic E-state index is 0.205. The standard InChI is InChI=1S/C12H12N6O/c1-2-7-6-13-17-11(7)14-12(19)8-3-4-9-10(5-8)16-18-15-9/h3-6H,2H2,1H3,(H,15,16,18)(H2,13,14,17,19). The lowest BCUT2D eigenvalue weighted by atomic mass is 10.2. The van der Waals surface area contributed by atoms with Crippen LogP contribution in [0, 0.1) is 0 Å². The second kappa shape index (κ2) is 4.52. The van der Waals surface area contributed by atoms with Gasteiger partial charge in [-0.25, -0.2) is 0 Å². The fraction of sp³-hybridized carbons (Fsp3) is 0.167. The highest BCUT2D eigenvalue weighted by atomic mass is 16.1. The lowest BCUT2D eigenvalue weighted by molar-refractivity contribution is 0.102. The van der Waals surface area contributed by atoms with E-state index in [9.17, 15) is 4.79 Å². The zero-order chi connectivity index (χ0) is 13.2. The van der Waals surface area contributed by atoms with Crippen LogP contribution in [0.15, 0.2) is 24.4 Å². The van der Waals surface area contributed by atoms with Gasteiger partial charge in [-0.2, -0.15) is 20.5 Å². The van der Waals surface area contributed by atoms with Crippen molar-refractivity contribution >= 4 is 22.8 Å². The summed E-state index contributed by atoms with van der Waals surface area (Å²) >= 11 is 0. The van der Waals surface area contributed by atoms with E-state index in [4.69, 9.17) is 0 Å². The first-order chi connectivity index (χ1) is 9.28. The maximum atomic E-state index is 12.1. The monoisotopic (exact) mass is 256 g/mol. The van der Waals surface area contributed by atoms with E-state index in [-0.39, 0.29) is 5.91 Å². The number of hydrogen-bond acceptors (Lipinski definition) is 4. The number of anilines is 1. The second-order valence-corrected chi connectivity index (χ2v) is 4.11. The van der Waals surface area contributed by atoms with Crippen molar-refractivity contribution < 1.29 is 4.79 Å².